The fourth-order valence-corrected chi connectivity index (χ4v) is 3.82. The molecular formula is C12H22N2O3S. The normalized spacial score (nSPS) is 25.0. The molecule has 6 heteroatoms. The van der Waals surface area contributed by atoms with Crippen LogP contribution in [0.2, 0.25) is 0 Å². The van der Waals surface area contributed by atoms with Gasteiger partial charge in [-0.05, 0) is 38.3 Å². The summed E-state index contributed by atoms with van der Waals surface area (Å²) in [4.78, 5) is 13.7. The quantitative estimate of drug-likeness (QED) is 0.788. The van der Waals surface area contributed by atoms with Gasteiger partial charge in [0.05, 0.1) is 11.5 Å². The van der Waals surface area contributed by atoms with E-state index in [0.29, 0.717) is 25.4 Å². The third kappa shape index (κ3) is 3.95. The number of rotatable bonds is 3. The summed E-state index contributed by atoms with van der Waals surface area (Å²) in [6, 6.07) is 0. The maximum absolute atomic E-state index is 12.0. The highest BCUT2D eigenvalue weighted by molar-refractivity contribution is 7.91. The molecule has 5 nitrogen and oxygen atoms in total. The van der Waals surface area contributed by atoms with Crippen molar-refractivity contribution in [1.82, 2.24) is 10.2 Å². The first kappa shape index (κ1) is 13.8. The van der Waals surface area contributed by atoms with Gasteiger partial charge in [-0.1, -0.05) is 0 Å². The van der Waals surface area contributed by atoms with E-state index < -0.39 is 9.84 Å². The van der Waals surface area contributed by atoms with Crippen molar-refractivity contribution in [2.45, 2.75) is 25.7 Å². The standard InChI is InChI=1S/C12H22N2O3S/c15-12(2-1-11-3-5-13-6-4-11)14-7-9-18(16,17)10-8-14/h11,13H,1-10H2. The minimum Gasteiger partial charge on any atom is -0.341 e. The number of hydrogen-bond acceptors (Lipinski definition) is 4. The largest absolute Gasteiger partial charge is 0.341 e. The van der Waals surface area contributed by atoms with E-state index in [1.54, 1.807) is 4.90 Å². The molecule has 2 heterocycles. The van der Waals surface area contributed by atoms with Crippen molar-refractivity contribution in [1.29, 1.82) is 0 Å². The summed E-state index contributed by atoms with van der Waals surface area (Å²) in [6.07, 6.45) is 3.83. The molecule has 0 atom stereocenters. The van der Waals surface area contributed by atoms with Gasteiger partial charge in [-0.3, -0.25) is 4.79 Å². The van der Waals surface area contributed by atoms with Crippen molar-refractivity contribution in [3.8, 4) is 0 Å². The molecule has 0 bridgehead atoms. The van der Waals surface area contributed by atoms with Crippen molar-refractivity contribution in [3.05, 3.63) is 0 Å². The van der Waals surface area contributed by atoms with Gasteiger partial charge in [0.25, 0.3) is 0 Å². The summed E-state index contributed by atoms with van der Waals surface area (Å²) < 4.78 is 22.6. The lowest BCUT2D eigenvalue weighted by Crippen LogP contribution is -2.43. The van der Waals surface area contributed by atoms with Crippen LogP contribution in [-0.2, 0) is 14.6 Å². The van der Waals surface area contributed by atoms with Gasteiger partial charge in [0.15, 0.2) is 9.84 Å². The van der Waals surface area contributed by atoms with Gasteiger partial charge in [-0.15, -0.1) is 0 Å². The molecule has 0 unspecified atom stereocenters. The zero-order chi connectivity index (χ0) is 13.0. The number of amides is 1. The lowest BCUT2D eigenvalue weighted by molar-refractivity contribution is -0.131. The highest BCUT2D eigenvalue weighted by Crippen LogP contribution is 2.18. The number of nitrogens with zero attached hydrogens (tertiary/aromatic N) is 1. The molecule has 0 aliphatic carbocycles. The van der Waals surface area contributed by atoms with Crippen LogP contribution >= 0.6 is 0 Å². The van der Waals surface area contributed by atoms with Gasteiger partial charge in [0, 0.05) is 19.5 Å². The predicted octanol–water partition coefficient (Wildman–Crippen LogP) is 0.0232. The summed E-state index contributed by atoms with van der Waals surface area (Å²) in [7, 11) is -2.89. The van der Waals surface area contributed by atoms with E-state index in [0.717, 1.165) is 32.4 Å². The lowest BCUT2D eigenvalue weighted by Gasteiger charge is -2.28. The Bertz CT molecular complexity index is 374. The summed E-state index contributed by atoms with van der Waals surface area (Å²) >= 11 is 0. The Kier molecular flexibility index (Phi) is 4.61. The first-order chi connectivity index (χ1) is 8.57. The third-order valence-electron chi connectivity index (χ3n) is 3.92. The molecule has 2 aliphatic rings. The fourth-order valence-electron chi connectivity index (χ4n) is 2.62. The Labute approximate surface area is 109 Å². The van der Waals surface area contributed by atoms with Gasteiger partial charge in [0.2, 0.25) is 5.91 Å². The molecule has 1 N–H and O–H groups in total. The average Bonchev–Trinajstić information content (AvgIpc) is 2.37. The van der Waals surface area contributed by atoms with Crippen molar-refractivity contribution < 1.29 is 13.2 Å². The molecule has 0 aromatic carbocycles. The molecule has 0 spiro atoms. The van der Waals surface area contributed by atoms with Crippen LogP contribution in [0.5, 0.6) is 0 Å². The maximum atomic E-state index is 12.0. The number of piperidine rings is 1. The van der Waals surface area contributed by atoms with Crippen LogP contribution in [0.1, 0.15) is 25.7 Å². The zero-order valence-electron chi connectivity index (χ0n) is 10.7. The fraction of sp³-hybridized carbons (Fsp3) is 0.917. The van der Waals surface area contributed by atoms with Crippen LogP contribution in [0.15, 0.2) is 0 Å². The van der Waals surface area contributed by atoms with E-state index in [9.17, 15) is 13.2 Å². The molecule has 18 heavy (non-hydrogen) atoms. The highest BCUT2D eigenvalue weighted by atomic mass is 32.2. The Balaban J connectivity index is 1.71. The van der Waals surface area contributed by atoms with Crippen molar-refractivity contribution in [2.75, 3.05) is 37.7 Å². The van der Waals surface area contributed by atoms with Gasteiger partial charge in [-0.2, -0.15) is 0 Å². The van der Waals surface area contributed by atoms with Gasteiger partial charge >= 0.3 is 0 Å². The van der Waals surface area contributed by atoms with Crippen LogP contribution in [0.3, 0.4) is 0 Å². The minimum absolute atomic E-state index is 0.128. The average molecular weight is 274 g/mol. The van der Waals surface area contributed by atoms with Crippen LogP contribution < -0.4 is 5.32 Å². The molecule has 0 aromatic rings. The monoisotopic (exact) mass is 274 g/mol. The van der Waals surface area contributed by atoms with Crippen molar-refractivity contribution in [2.24, 2.45) is 5.92 Å². The molecule has 1 amide bonds. The van der Waals surface area contributed by atoms with E-state index in [2.05, 4.69) is 5.32 Å². The second kappa shape index (κ2) is 6.02. The van der Waals surface area contributed by atoms with Crippen LogP contribution in [0.25, 0.3) is 0 Å². The van der Waals surface area contributed by atoms with Gasteiger partial charge < -0.3 is 10.2 Å². The number of carbonyl (C=O) groups excluding carboxylic acids is 1. The first-order valence-electron chi connectivity index (χ1n) is 6.76. The third-order valence-corrected chi connectivity index (χ3v) is 5.53. The summed E-state index contributed by atoms with van der Waals surface area (Å²) in [5.41, 5.74) is 0. The summed E-state index contributed by atoms with van der Waals surface area (Å²) in [5.74, 6) is 1.05. The molecular weight excluding hydrogens is 252 g/mol. The van der Waals surface area contributed by atoms with E-state index in [4.69, 9.17) is 0 Å². The Hall–Kier alpha value is -0.620. The Morgan fingerprint density at radius 3 is 2.39 bits per heavy atom. The topological polar surface area (TPSA) is 66.5 Å². The molecule has 2 aliphatic heterocycles. The van der Waals surface area contributed by atoms with E-state index in [-0.39, 0.29) is 17.4 Å². The van der Waals surface area contributed by atoms with Crippen LogP contribution in [0.4, 0.5) is 0 Å². The van der Waals surface area contributed by atoms with Crippen LogP contribution in [-0.4, -0.2) is 56.9 Å². The van der Waals surface area contributed by atoms with Crippen molar-refractivity contribution >= 4 is 15.7 Å². The van der Waals surface area contributed by atoms with E-state index in [1.807, 2.05) is 0 Å². The lowest BCUT2D eigenvalue weighted by atomic mass is 9.93. The number of hydrogen-bond donors (Lipinski definition) is 1. The molecule has 0 aromatic heterocycles. The van der Waals surface area contributed by atoms with Gasteiger partial charge in [0.1, 0.15) is 0 Å². The number of nitrogens with one attached hydrogen (secondary N) is 1. The molecule has 2 fully saturated rings. The summed E-state index contributed by atoms with van der Waals surface area (Å²) in [6.45, 7) is 2.88. The van der Waals surface area contributed by atoms with E-state index in [1.165, 1.54) is 0 Å². The van der Waals surface area contributed by atoms with Crippen LogP contribution in [0, 0.1) is 5.92 Å². The van der Waals surface area contributed by atoms with E-state index >= 15 is 0 Å². The summed E-state index contributed by atoms with van der Waals surface area (Å²) in [5, 5.41) is 3.31. The molecule has 0 saturated carbocycles. The Morgan fingerprint density at radius 2 is 1.78 bits per heavy atom. The molecule has 2 saturated heterocycles. The van der Waals surface area contributed by atoms with Gasteiger partial charge in [-0.25, -0.2) is 8.42 Å². The molecule has 0 radical (unpaired) electrons. The van der Waals surface area contributed by atoms with Crippen molar-refractivity contribution in [3.63, 3.8) is 0 Å². The maximum Gasteiger partial charge on any atom is 0.222 e. The minimum atomic E-state index is -2.89. The number of carbonyl (C=O) groups is 1. The second-order valence-corrected chi connectivity index (χ2v) is 7.57. The first-order valence-corrected chi connectivity index (χ1v) is 8.58. The Morgan fingerprint density at radius 1 is 1.17 bits per heavy atom. The zero-order valence-corrected chi connectivity index (χ0v) is 11.5. The highest BCUT2D eigenvalue weighted by Gasteiger charge is 2.25. The molecule has 104 valence electrons. The molecule has 2 rings (SSSR count). The second-order valence-electron chi connectivity index (χ2n) is 5.26. The smallest absolute Gasteiger partial charge is 0.222 e. The predicted molar refractivity (Wildman–Crippen MR) is 70.1 cm³/mol. The number of sulfone groups is 1. The SMILES string of the molecule is O=C(CCC1CCNCC1)N1CCS(=O)(=O)CC1.